The summed E-state index contributed by atoms with van der Waals surface area (Å²) >= 11 is 12.3. The van der Waals surface area contributed by atoms with Crippen LogP contribution in [-0.2, 0) is 33.0 Å². The second-order valence-electron chi connectivity index (χ2n) is 9.76. The van der Waals surface area contributed by atoms with Gasteiger partial charge in [-0.15, -0.1) is 0 Å². The number of benzene rings is 2. The number of aromatic nitrogens is 2. The predicted molar refractivity (Wildman–Crippen MR) is 141 cm³/mol. The number of nitrogens with one attached hydrogen (secondary N) is 2. The molecule has 1 aromatic heterocycles. The monoisotopic (exact) mass is 616 g/mol. The zero-order valence-corrected chi connectivity index (χ0v) is 23.1. The molecule has 0 radical (unpaired) electrons. The minimum atomic E-state index is -4.48. The number of nitrogens with zero attached hydrogens (tertiary/aromatic N) is 2. The molecule has 15 heteroatoms. The number of anilines is 1. The van der Waals surface area contributed by atoms with Gasteiger partial charge in [0.05, 0.1) is 16.9 Å². The maximum Gasteiger partial charge on any atom is 0.422 e. The van der Waals surface area contributed by atoms with Gasteiger partial charge in [0.15, 0.2) is 16.4 Å². The highest BCUT2D eigenvalue weighted by Gasteiger charge is 2.47. The Morgan fingerprint density at radius 3 is 2.55 bits per heavy atom. The molecule has 0 fully saturated rings. The summed E-state index contributed by atoms with van der Waals surface area (Å²) in [5.74, 6) is -2.25. The third-order valence-electron chi connectivity index (χ3n) is 6.57. The Bertz CT molecular complexity index is 1640. The molecular weight excluding hydrogens is 596 g/mol. The molecule has 1 spiro atoms. The summed E-state index contributed by atoms with van der Waals surface area (Å²) in [5.41, 5.74) is 1.23. The Kier molecular flexibility index (Phi) is 7.04. The first kappa shape index (κ1) is 28.2. The van der Waals surface area contributed by atoms with Crippen molar-refractivity contribution < 1.29 is 35.9 Å². The average Bonchev–Trinajstić information content (AvgIpc) is 3.34. The summed E-state index contributed by atoms with van der Waals surface area (Å²) in [5, 5.41) is 10.6. The van der Waals surface area contributed by atoms with Crippen LogP contribution < -0.4 is 15.4 Å². The van der Waals surface area contributed by atoms with Gasteiger partial charge >= 0.3 is 6.18 Å². The van der Waals surface area contributed by atoms with Crippen LogP contribution in [0.15, 0.2) is 36.4 Å². The molecular formula is C25H21Cl2F3N4O5S. The lowest BCUT2D eigenvalue weighted by Crippen LogP contribution is -2.49. The van der Waals surface area contributed by atoms with E-state index in [0.29, 0.717) is 29.8 Å². The number of alkyl halides is 3. The lowest BCUT2D eigenvalue weighted by Gasteiger charge is -2.35. The number of sulfone groups is 1. The highest BCUT2D eigenvalue weighted by molar-refractivity contribution is 7.91. The molecule has 2 amide bonds. The molecule has 9 nitrogen and oxygen atoms in total. The fourth-order valence-corrected chi connectivity index (χ4v) is 6.16. The second kappa shape index (κ2) is 9.96. The van der Waals surface area contributed by atoms with Crippen molar-refractivity contribution >= 4 is 50.7 Å². The van der Waals surface area contributed by atoms with Crippen LogP contribution in [-0.4, -0.2) is 54.8 Å². The number of amides is 2. The van der Waals surface area contributed by atoms with Gasteiger partial charge in [-0.3, -0.25) is 9.59 Å². The quantitative estimate of drug-likeness (QED) is 0.428. The van der Waals surface area contributed by atoms with Crippen molar-refractivity contribution in [1.82, 2.24) is 15.1 Å². The van der Waals surface area contributed by atoms with Gasteiger partial charge in [0, 0.05) is 22.7 Å². The lowest BCUT2D eigenvalue weighted by molar-refractivity contribution is -0.153. The molecule has 1 aliphatic heterocycles. The molecule has 1 aliphatic carbocycles. The van der Waals surface area contributed by atoms with Gasteiger partial charge in [-0.2, -0.15) is 18.3 Å². The van der Waals surface area contributed by atoms with Crippen LogP contribution in [0.3, 0.4) is 0 Å². The standard InChI is InChI=1S/C25H21Cl2F3N4O5S/c1-40(37,38)11-20(35)31-22-21-19(33-34(22)16-8-14(26)7-15(27)9-16)10-24(32-23(21)36)5-4-13-6-17(2-3-18(13)24)39-12-25(28,29)30/h2-3,6-9H,4-5,10-12H2,1H3,(H,31,35)(H,32,36)/t24-/m0/s1. The molecule has 2 N–H and O–H groups in total. The topological polar surface area (TPSA) is 119 Å². The number of hydrogen-bond acceptors (Lipinski definition) is 6. The zero-order chi connectivity index (χ0) is 29.0. The third kappa shape index (κ3) is 5.77. The van der Waals surface area contributed by atoms with E-state index < -0.39 is 45.7 Å². The number of hydrogen-bond donors (Lipinski definition) is 2. The fraction of sp³-hybridized carbons (Fsp3) is 0.320. The second-order valence-corrected chi connectivity index (χ2v) is 12.8. The van der Waals surface area contributed by atoms with Gasteiger partial charge in [-0.05, 0) is 54.3 Å². The van der Waals surface area contributed by atoms with E-state index >= 15 is 0 Å². The molecule has 3 aromatic rings. The number of carbonyl (C=O) groups excluding carboxylic acids is 2. The molecule has 2 heterocycles. The van der Waals surface area contributed by atoms with Gasteiger partial charge in [0.2, 0.25) is 5.91 Å². The van der Waals surface area contributed by atoms with Gasteiger partial charge in [-0.25, -0.2) is 13.1 Å². The summed E-state index contributed by atoms with van der Waals surface area (Å²) in [4.78, 5) is 26.2. The van der Waals surface area contributed by atoms with E-state index in [1.807, 2.05) is 0 Å². The summed E-state index contributed by atoms with van der Waals surface area (Å²) in [7, 11) is -3.68. The summed E-state index contributed by atoms with van der Waals surface area (Å²) in [6, 6.07) is 9.09. The van der Waals surface area contributed by atoms with E-state index in [9.17, 15) is 31.2 Å². The Morgan fingerprint density at radius 1 is 1.20 bits per heavy atom. The van der Waals surface area contributed by atoms with Crippen LogP contribution in [0.1, 0.15) is 33.6 Å². The van der Waals surface area contributed by atoms with Crippen molar-refractivity contribution in [3.8, 4) is 11.4 Å². The fourth-order valence-electron chi connectivity index (χ4n) is 5.10. The minimum absolute atomic E-state index is 0.0437. The normalized spacial score (nSPS) is 18.3. The smallest absolute Gasteiger partial charge is 0.422 e. The predicted octanol–water partition coefficient (Wildman–Crippen LogP) is 4.23. The van der Waals surface area contributed by atoms with Gasteiger partial charge in [-0.1, -0.05) is 29.3 Å². The van der Waals surface area contributed by atoms with Crippen LogP contribution in [0.25, 0.3) is 5.69 Å². The molecule has 40 heavy (non-hydrogen) atoms. The summed E-state index contributed by atoms with van der Waals surface area (Å²) in [6.07, 6.45) is -2.46. The summed E-state index contributed by atoms with van der Waals surface area (Å²) in [6.45, 7) is -1.42. The van der Waals surface area contributed by atoms with E-state index in [1.54, 1.807) is 6.07 Å². The molecule has 0 unspecified atom stereocenters. The van der Waals surface area contributed by atoms with Crippen LogP contribution in [0, 0.1) is 0 Å². The SMILES string of the molecule is CS(=O)(=O)CC(=O)Nc1c2c(nn1-c1cc(Cl)cc(Cl)c1)C[C@]1(CCc3cc(OCC(F)(F)F)ccc31)NC2=O. The first-order valence-electron chi connectivity index (χ1n) is 11.8. The first-order valence-corrected chi connectivity index (χ1v) is 14.7. The minimum Gasteiger partial charge on any atom is -0.484 e. The maximum atomic E-state index is 13.6. The number of aryl methyl sites for hydroxylation is 1. The van der Waals surface area contributed by atoms with Crippen LogP contribution >= 0.6 is 23.2 Å². The van der Waals surface area contributed by atoms with E-state index in [1.165, 1.54) is 35.0 Å². The van der Waals surface area contributed by atoms with E-state index in [4.69, 9.17) is 27.9 Å². The van der Waals surface area contributed by atoms with Gasteiger partial charge in [0.25, 0.3) is 5.91 Å². The number of carbonyl (C=O) groups is 2. The molecule has 0 saturated carbocycles. The highest BCUT2D eigenvalue weighted by Crippen LogP contribution is 2.45. The van der Waals surface area contributed by atoms with Crippen molar-refractivity contribution in [1.29, 1.82) is 0 Å². The van der Waals surface area contributed by atoms with Gasteiger partial charge in [0.1, 0.15) is 22.9 Å². The first-order chi connectivity index (χ1) is 18.6. The molecule has 0 bridgehead atoms. The average molecular weight is 617 g/mol. The van der Waals surface area contributed by atoms with Crippen LogP contribution in [0.4, 0.5) is 19.0 Å². The van der Waals surface area contributed by atoms with Crippen LogP contribution in [0.2, 0.25) is 10.0 Å². The number of ether oxygens (including phenoxy) is 1. The molecule has 5 rings (SSSR count). The Morgan fingerprint density at radius 2 is 1.90 bits per heavy atom. The maximum absolute atomic E-state index is 13.6. The number of rotatable bonds is 6. The lowest BCUT2D eigenvalue weighted by atomic mass is 9.82. The zero-order valence-electron chi connectivity index (χ0n) is 20.7. The van der Waals surface area contributed by atoms with Crippen molar-refractivity contribution in [3.05, 3.63) is 68.8 Å². The van der Waals surface area contributed by atoms with Gasteiger partial charge < -0.3 is 15.4 Å². The number of halogens is 5. The van der Waals surface area contributed by atoms with Crippen molar-refractivity contribution in [3.63, 3.8) is 0 Å². The third-order valence-corrected chi connectivity index (χ3v) is 7.79. The Hall–Kier alpha value is -3.29. The van der Waals surface area contributed by atoms with Crippen LogP contribution in [0.5, 0.6) is 5.75 Å². The van der Waals surface area contributed by atoms with Crippen molar-refractivity contribution in [2.45, 2.75) is 31.0 Å². The Labute approximate surface area is 236 Å². The Balaban J connectivity index is 1.54. The number of fused-ring (bicyclic) bond motifs is 3. The molecule has 0 saturated heterocycles. The molecule has 2 aliphatic rings. The largest absolute Gasteiger partial charge is 0.484 e. The molecule has 2 aromatic carbocycles. The molecule has 212 valence electrons. The highest BCUT2D eigenvalue weighted by atomic mass is 35.5. The van der Waals surface area contributed by atoms with E-state index in [-0.39, 0.29) is 33.6 Å². The van der Waals surface area contributed by atoms with E-state index in [0.717, 1.165) is 11.8 Å². The molecule has 1 atom stereocenters. The summed E-state index contributed by atoms with van der Waals surface area (Å²) < 4.78 is 67.3. The van der Waals surface area contributed by atoms with Crippen molar-refractivity contribution in [2.24, 2.45) is 0 Å². The van der Waals surface area contributed by atoms with Crippen molar-refractivity contribution in [2.75, 3.05) is 23.9 Å². The van der Waals surface area contributed by atoms with E-state index in [2.05, 4.69) is 15.7 Å².